The van der Waals surface area contributed by atoms with E-state index in [4.69, 9.17) is 5.11 Å². The first-order valence-electron chi connectivity index (χ1n) is 6.97. The van der Waals surface area contributed by atoms with Gasteiger partial charge in [0.15, 0.2) is 0 Å². The Kier molecular flexibility index (Phi) is 4.26. The smallest absolute Gasteiger partial charge is 0.337 e. The number of nitrogens with one attached hydrogen (secondary N) is 2. The molecule has 0 aliphatic heterocycles. The number of para-hydroxylation sites is 1. The number of carboxylic acids is 1. The normalized spacial score (nSPS) is 11.0. The van der Waals surface area contributed by atoms with Crippen LogP contribution < -0.4 is 10.2 Å². The van der Waals surface area contributed by atoms with E-state index in [9.17, 15) is 14.4 Å². The fourth-order valence-corrected chi connectivity index (χ4v) is 2.98. The molecule has 1 heterocycles. The fourth-order valence-electron chi connectivity index (χ4n) is 2.19. The Bertz CT molecular complexity index is 1020. The van der Waals surface area contributed by atoms with Crippen LogP contribution in [0, 0.1) is 0 Å². The van der Waals surface area contributed by atoms with Crippen LogP contribution in [0.4, 0.5) is 5.69 Å². The monoisotopic (exact) mass is 340 g/mol. The summed E-state index contributed by atoms with van der Waals surface area (Å²) in [4.78, 5) is 37.0. The maximum atomic E-state index is 12.0. The van der Waals surface area contributed by atoms with E-state index in [-0.39, 0.29) is 16.1 Å². The van der Waals surface area contributed by atoms with Crippen LogP contribution in [0.2, 0.25) is 0 Å². The minimum Gasteiger partial charge on any atom is -0.478 e. The molecule has 3 aromatic rings. The van der Waals surface area contributed by atoms with Crippen LogP contribution in [0.5, 0.6) is 0 Å². The predicted molar refractivity (Wildman–Crippen MR) is 93.5 cm³/mol. The summed E-state index contributed by atoms with van der Waals surface area (Å²) in [6.45, 7) is 0. The molecule has 0 saturated heterocycles. The molecule has 24 heavy (non-hydrogen) atoms. The summed E-state index contributed by atoms with van der Waals surface area (Å²) >= 11 is 1.10. The number of aromatic nitrogens is 1. The first kappa shape index (κ1) is 15.7. The van der Waals surface area contributed by atoms with E-state index in [1.54, 1.807) is 36.4 Å². The third-order valence-corrected chi connectivity index (χ3v) is 4.13. The maximum absolute atomic E-state index is 12.0. The molecule has 0 spiro atoms. The molecule has 120 valence electrons. The predicted octanol–water partition coefficient (Wildman–Crippen LogP) is 2.94. The summed E-state index contributed by atoms with van der Waals surface area (Å²) in [7, 11) is 0. The molecule has 1 amide bonds. The van der Waals surface area contributed by atoms with E-state index in [0.29, 0.717) is 0 Å². The van der Waals surface area contributed by atoms with Gasteiger partial charge in [-0.2, -0.15) is 0 Å². The van der Waals surface area contributed by atoms with Crippen LogP contribution in [0.15, 0.2) is 53.3 Å². The highest BCUT2D eigenvalue weighted by molar-refractivity contribution is 7.16. The van der Waals surface area contributed by atoms with Crippen LogP contribution in [-0.2, 0) is 4.79 Å². The van der Waals surface area contributed by atoms with Crippen LogP contribution in [0.25, 0.3) is 16.3 Å². The van der Waals surface area contributed by atoms with E-state index in [0.717, 1.165) is 27.1 Å². The third kappa shape index (κ3) is 3.41. The number of aromatic amines is 1. The number of hydrogen-bond donors (Lipinski definition) is 3. The Hall–Kier alpha value is -3.19. The van der Waals surface area contributed by atoms with Crippen LogP contribution in [0.3, 0.4) is 0 Å². The number of carbonyl (C=O) groups excluding carboxylic acids is 1. The van der Waals surface area contributed by atoms with Crippen molar-refractivity contribution in [3.05, 3.63) is 69.3 Å². The van der Waals surface area contributed by atoms with Crippen LogP contribution in [0.1, 0.15) is 15.9 Å². The second-order valence-electron chi connectivity index (χ2n) is 4.94. The molecule has 7 heteroatoms. The van der Waals surface area contributed by atoms with Gasteiger partial charge in [-0.15, -0.1) is 0 Å². The minimum absolute atomic E-state index is 0.0257. The number of fused-ring (bicyclic) bond motifs is 1. The lowest BCUT2D eigenvalue weighted by atomic mass is 10.1. The van der Waals surface area contributed by atoms with Gasteiger partial charge in [-0.3, -0.25) is 9.59 Å². The highest BCUT2D eigenvalue weighted by Crippen LogP contribution is 2.18. The lowest BCUT2D eigenvalue weighted by Crippen LogP contribution is -2.11. The summed E-state index contributed by atoms with van der Waals surface area (Å²) in [5, 5.41) is 11.6. The number of rotatable bonds is 4. The molecule has 3 rings (SSSR count). The highest BCUT2D eigenvalue weighted by Gasteiger charge is 2.10. The lowest BCUT2D eigenvalue weighted by Gasteiger charge is -2.05. The van der Waals surface area contributed by atoms with Crippen LogP contribution in [-0.4, -0.2) is 22.0 Å². The molecule has 0 aliphatic carbocycles. The summed E-state index contributed by atoms with van der Waals surface area (Å²) in [6.07, 6.45) is 2.91. The molecular formula is C17H12N2O4S. The standard InChI is InChI=1S/C17H12N2O4S/c20-15(18-12-4-2-1-3-11(12)16(21)22)8-6-10-5-7-13-14(9-10)24-17(23)19-13/h1-9H,(H,18,20)(H,19,23)(H,21,22)/b8-6+. The van der Waals surface area contributed by atoms with Gasteiger partial charge >= 0.3 is 10.8 Å². The molecule has 0 fully saturated rings. The average Bonchev–Trinajstić information content (AvgIpc) is 2.92. The van der Waals surface area contributed by atoms with Crippen molar-refractivity contribution in [1.29, 1.82) is 0 Å². The second-order valence-corrected chi connectivity index (χ2v) is 5.96. The summed E-state index contributed by atoms with van der Waals surface area (Å²) in [6, 6.07) is 11.5. The number of amides is 1. The molecule has 0 saturated carbocycles. The number of benzene rings is 2. The number of aromatic carboxylic acids is 1. The van der Waals surface area contributed by atoms with Gasteiger partial charge in [0.1, 0.15) is 0 Å². The van der Waals surface area contributed by atoms with Gasteiger partial charge in [0.2, 0.25) is 5.91 Å². The average molecular weight is 340 g/mol. The fraction of sp³-hybridized carbons (Fsp3) is 0. The van der Waals surface area contributed by atoms with Crippen molar-refractivity contribution in [2.45, 2.75) is 0 Å². The number of anilines is 1. The zero-order valence-electron chi connectivity index (χ0n) is 12.3. The summed E-state index contributed by atoms with van der Waals surface area (Å²) in [5.74, 6) is -1.55. The van der Waals surface area contributed by atoms with E-state index >= 15 is 0 Å². The lowest BCUT2D eigenvalue weighted by molar-refractivity contribution is -0.111. The zero-order valence-corrected chi connectivity index (χ0v) is 13.1. The SMILES string of the molecule is O=C(/C=C/c1ccc2[nH]c(=O)sc2c1)Nc1ccccc1C(=O)O. The molecule has 0 aliphatic rings. The quantitative estimate of drug-likeness (QED) is 0.636. The first-order valence-corrected chi connectivity index (χ1v) is 7.79. The van der Waals surface area contributed by atoms with Crippen molar-refractivity contribution >= 4 is 45.2 Å². The molecule has 0 radical (unpaired) electrons. The van der Waals surface area contributed by atoms with Gasteiger partial charge in [0, 0.05) is 6.08 Å². The molecule has 0 bridgehead atoms. The van der Waals surface area contributed by atoms with Crippen molar-refractivity contribution < 1.29 is 14.7 Å². The van der Waals surface area contributed by atoms with Crippen molar-refractivity contribution in [1.82, 2.24) is 4.98 Å². The van der Waals surface area contributed by atoms with E-state index in [2.05, 4.69) is 10.3 Å². The first-order chi connectivity index (χ1) is 11.5. The molecule has 0 atom stereocenters. The molecule has 0 unspecified atom stereocenters. The topological polar surface area (TPSA) is 99.3 Å². The summed E-state index contributed by atoms with van der Waals surface area (Å²) in [5.41, 5.74) is 1.78. The van der Waals surface area contributed by atoms with Gasteiger partial charge < -0.3 is 15.4 Å². The highest BCUT2D eigenvalue weighted by atomic mass is 32.1. The Morgan fingerprint density at radius 2 is 1.96 bits per heavy atom. The summed E-state index contributed by atoms with van der Waals surface area (Å²) < 4.78 is 0.804. The van der Waals surface area contributed by atoms with E-state index in [1.807, 2.05) is 0 Å². The Labute approximate surface area is 140 Å². The van der Waals surface area contributed by atoms with Gasteiger partial charge in [-0.1, -0.05) is 29.5 Å². The molecular weight excluding hydrogens is 328 g/mol. The number of hydrogen-bond acceptors (Lipinski definition) is 4. The molecule has 3 N–H and O–H groups in total. The van der Waals surface area contributed by atoms with Crippen molar-refractivity contribution in [2.75, 3.05) is 5.32 Å². The number of carboxylic acid groups (broad SMARTS) is 1. The third-order valence-electron chi connectivity index (χ3n) is 3.29. The van der Waals surface area contributed by atoms with Gasteiger partial charge in [0.25, 0.3) is 0 Å². The number of H-pyrrole nitrogens is 1. The minimum atomic E-state index is -1.11. The van der Waals surface area contributed by atoms with E-state index in [1.165, 1.54) is 18.2 Å². The van der Waals surface area contributed by atoms with Crippen LogP contribution >= 0.6 is 11.3 Å². The zero-order chi connectivity index (χ0) is 17.1. The van der Waals surface area contributed by atoms with Gasteiger partial charge in [0.05, 0.1) is 21.5 Å². The Balaban J connectivity index is 1.77. The largest absolute Gasteiger partial charge is 0.478 e. The van der Waals surface area contributed by atoms with Crippen molar-refractivity contribution in [3.63, 3.8) is 0 Å². The van der Waals surface area contributed by atoms with Gasteiger partial charge in [-0.05, 0) is 35.9 Å². The molecule has 6 nitrogen and oxygen atoms in total. The number of thiazole rings is 1. The van der Waals surface area contributed by atoms with Gasteiger partial charge in [-0.25, -0.2) is 4.79 Å². The second kappa shape index (κ2) is 6.51. The van der Waals surface area contributed by atoms with E-state index < -0.39 is 11.9 Å². The Morgan fingerprint density at radius 3 is 2.75 bits per heavy atom. The number of carbonyl (C=O) groups is 2. The van der Waals surface area contributed by atoms with Crippen molar-refractivity contribution in [3.8, 4) is 0 Å². The molecule has 2 aromatic carbocycles. The molecule has 1 aromatic heterocycles. The Morgan fingerprint density at radius 1 is 1.17 bits per heavy atom. The van der Waals surface area contributed by atoms with Crippen molar-refractivity contribution in [2.24, 2.45) is 0 Å². The maximum Gasteiger partial charge on any atom is 0.337 e.